The molecule has 0 unspecified atom stereocenters. The van der Waals surface area contributed by atoms with Crippen molar-refractivity contribution in [2.75, 3.05) is 59.5 Å². The van der Waals surface area contributed by atoms with Gasteiger partial charge in [-0.3, -0.25) is 0 Å². The van der Waals surface area contributed by atoms with Crippen LogP contribution in [0.25, 0.3) is 0 Å². The molecule has 0 fully saturated rings. The first kappa shape index (κ1) is 25.0. The molecule has 0 spiro atoms. The van der Waals surface area contributed by atoms with Gasteiger partial charge in [0.25, 0.3) is 0 Å². The van der Waals surface area contributed by atoms with Gasteiger partial charge in [0.15, 0.2) is 0 Å². The average Bonchev–Trinajstić information content (AvgIpc) is 2.63. The SMILES string of the molecule is CCCCCC[Si]OCCOCCOCCOCCOCCCCC. The molecule has 0 aromatic heterocycles. The highest BCUT2D eigenvalue weighted by atomic mass is 28.2. The van der Waals surface area contributed by atoms with Crippen LogP contribution in [0.5, 0.6) is 0 Å². The standard InChI is InChI=1S/C19H40O5Si/c1-3-5-7-9-19-25-24-18-17-23-16-15-22-14-13-21-12-11-20-10-8-6-4-2/h3-19H2,1-2H3. The Bertz CT molecular complexity index is 210. The van der Waals surface area contributed by atoms with Crippen LogP contribution in [0.4, 0.5) is 0 Å². The maximum atomic E-state index is 5.56. The smallest absolute Gasteiger partial charge is 0.229 e. The molecule has 2 radical (unpaired) electrons. The average molecular weight is 377 g/mol. The molecule has 0 aromatic rings. The van der Waals surface area contributed by atoms with E-state index in [2.05, 4.69) is 13.8 Å². The van der Waals surface area contributed by atoms with Crippen molar-refractivity contribution in [3.63, 3.8) is 0 Å². The molecule has 6 heteroatoms. The number of hydrogen-bond acceptors (Lipinski definition) is 5. The minimum absolute atomic E-state index is 0.606. The molecule has 0 amide bonds. The van der Waals surface area contributed by atoms with Gasteiger partial charge in [-0.25, -0.2) is 0 Å². The Morgan fingerprint density at radius 1 is 0.480 bits per heavy atom. The summed E-state index contributed by atoms with van der Waals surface area (Å²) in [5.74, 6) is 0. The van der Waals surface area contributed by atoms with Gasteiger partial charge in [-0.15, -0.1) is 0 Å². The van der Waals surface area contributed by atoms with E-state index in [1.807, 2.05) is 0 Å². The fourth-order valence-corrected chi connectivity index (χ4v) is 2.85. The predicted molar refractivity (Wildman–Crippen MR) is 103 cm³/mol. The summed E-state index contributed by atoms with van der Waals surface area (Å²) in [6.45, 7) is 10.4. The third-order valence-corrected chi connectivity index (χ3v) is 4.54. The summed E-state index contributed by atoms with van der Waals surface area (Å²) in [7, 11) is 0.616. The van der Waals surface area contributed by atoms with Crippen LogP contribution >= 0.6 is 0 Å². The van der Waals surface area contributed by atoms with Gasteiger partial charge in [0, 0.05) is 6.61 Å². The van der Waals surface area contributed by atoms with E-state index in [4.69, 9.17) is 23.4 Å². The van der Waals surface area contributed by atoms with Crippen LogP contribution in [0, 0.1) is 0 Å². The van der Waals surface area contributed by atoms with Crippen LogP contribution in [0.2, 0.25) is 6.04 Å². The molecular weight excluding hydrogens is 336 g/mol. The fraction of sp³-hybridized carbons (Fsp3) is 1.00. The summed E-state index contributed by atoms with van der Waals surface area (Å²) in [5, 5.41) is 0. The lowest BCUT2D eigenvalue weighted by atomic mass is 10.2. The lowest BCUT2D eigenvalue weighted by Crippen LogP contribution is -2.13. The van der Waals surface area contributed by atoms with E-state index in [-0.39, 0.29) is 0 Å². The van der Waals surface area contributed by atoms with E-state index >= 15 is 0 Å². The minimum Gasteiger partial charge on any atom is -0.415 e. The highest BCUT2D eigenvalue weighted by molar-refractivity contribution is 6.26. The van der Waals surface area contributed by atoms with E-state index in [0.717, 1.165) is 13.0 Å². The lowest BCUT2D eigenvalue weighted by molar-refractivity contribution is -0.00478. The topological polar surface area (TPSA) is 46.2 Å². The summed E-state index contributed by atoms with van der Waals surface area (Å²) >= 11 is 0. The normalized spacial score (nSPS) is 11.3. The highest BCUT2D eigenvalue weighted by Gasteiger charge is 1.95. The van der Waals surface area contributed by atoms with Crippen molar-refractivity contribution < 1.29 is 23.4 Å². The summed E-state index contributed by atoms with van der Waals surface area (Å²) in [4.78, 5) is 0. The Hall–Kier alpha value is 0.0169. The van der Waals surface area contributed by atoms with Gasteiger partial charge in [0.05, 0.1) is 52.9 Å². The van der Waals surface area contributed by atoms with Crippen molar-refractivity contribution in [3.8, 4) is 0 Å². The first-order chi connectivity index (χ1) is 12.4. The second-order valence-electron chi connectivity index (χ2n) is 5.96. The molecule has 0 aliphatic heterocycles. The van der Waals surface area contributed by atoms with Crippen LogP contribution in [-0.2, 0) is 23.4 Å². The zero-order chi connectivity index (χ0) is 18.3. The van der Waals surface area contributed by atoms with Crippen LogP contribution in [0.3, 0.4) is 0 Å². The maximum absolute atomic E-state index is 5.56. The molecular formula is C19H40O5Si. The van der Waals surface area contributed by atoms with Crippen molar-refractivity contribution in [1.29, 1.82) is 0 Å². The van der Waals surface area contributed by atoms with E-state index in [0.29, 0.717) is 62.6 Å². The Morgan fingerprint density at radius 2 is 0.960 bits per heavy atom. The van der Waals surface area contributed by atoms with Crippen molar-refractivity contribution in [1.82, 2.24) is 0 Å². The number of ether oxygens (including phenoxy) is 4. The molecule has 0 N–H and O–H groups in total. The molecule has 0 aliphatic carbocycles. The molecule has 0 aromatic carbocycles. The molecule has 5 nitrogen and oxygen atoms in total. The Morgan fingerprint density at radius 3 is 1.52 bits per heavy atom. The maximum Gasteiger partial charge on any atom is 0.229 e. The molecule has 0 atom stereocenters. The molecule has 0 rings (SSSR count). The molecule has 0 saturated heterocycles. The van der Waals surface area contributed by atoms with Crippen molar-refractivity contribution in [2.24, 2.45) is 0 Å². The second-order valence-corrected chi connectivity index (χ2v) is 7.04. The van der Waals surface area contributed by atoms with Gasteiger partial charge in [-0.2, -0.15) is 0 Å². The van der Waals surface area contributed by atoms with Gasteiger partial charge in [0.1, 0.15) is 0 Å². The third kappa shape index (κ3) is 24.0. The fourth-order valence-electron chi connectivity index (χ4n) is 2.08. The monoisotopic (exact) mass is 376 g/mol. The largest absolute Gasteiger partial charge is 0.415 e. The number of hydrogen-bond donors (Lipinski definition) is 0. The predicted octanol–water partition coefficient (Wildman–Crippen LogP) is 3.88. The van der Waals surface area contributed by atoms with E-state index in [1.165, 1.54) is 44.6 Å². The van der Waals surface area contributed by atoms with Crippen molar-refractivity contribution >= 4 is 9.76 Å². The third-order valence-electron chi connectivity index (χ3n) is 3.57. The zero-order valence-corrected chi connectivity index (χ0v) is 17.6. The Balaban J connectivity index is 2.94. The summed E-state index contributed by atoms with van der Waals surface area (Å²) < 4.78 is 27.4. The quantitative estimate of drug-likeness (QED) is 0.212. The van der Waals surface area contributed by atoms with Gasteiger partial charge >= 0.3 is 0 Å². The lowest BCUT2D eigenvalue weighted by Gasteiger charge is -2.07. The zero-order valence-electron chi connectivity index (χ0n) is 16.6. The minimum atomic E-state index is 0.606. The van der Waals surface area contributed by atoms with E-state index in [9.17, 15) is 0 Å². The summed E-state index contributed by atoms with van der Waals surface area (Å²) in [6.07, 6.45) is 8.86. The Kier molecular flexibility index (Phi) is 24.0. The molecule has 0 bridgehead atoms. The van der Waals surface area contributed by atoms with Crippen LogP contribution in [0.1, 0.15) is 58.8 Å². The number of rotatable bonds is 22. The Labute approximate surface area is 158 Å². The van der Waals surface area contributed by atoms with Crippen LogP contribution < -0.4 is 0 Å². The van der Waals surface area contributed by atoms with Gasteiger partial charge < -0.3 is 23.4 Å². The van der Waals surface area contributed by atoms with Crippen molar-refractivity contribution in [2.45, 2.75) is 64.8 Å². The molecule has 0 saturated carbocycles. The van der Waals surface area contributed by atoms with Crippen LogP contribution in [-0.4, -0.2) is 69.2 Å². The van der Waals surface area contributed by atoms with E-state index in [1.54, 1.807) is 0 Å². The van der Waals surface area contributed by atoms with Crippen molar-refractivity contribution in [3.05, 3.63) is 0 Å². The first-order valence-electron chi connectivity index (χ1n) is 10.1. The second kappa shape index (κ2) is 24.0. The highest BCUT2D eigenvalue weighted by Crippen LogP contribution is 2.02. The van der Waals surface area contributed by atoms with E-state index < -0.39 is 0 Å². The summed E-state index contributed by atoms with van der Waals surface area (Å²) in [6, 6.07) is 1.19. The van der Waals surface area contributed by atoms with Gasteiger partial charge in [-0.1, -0.05) is 52.4 Å². The molecule has 150 valence electrons. The number of unbranched alkanes of at least 4 members (excludes halogenated alkanes) is 5. The molecule has 0 heterocycles. The summed E-state index contributed by atoms with van der Waals surface area (Å²) in [5.41, 5.74) is 0. The van der Waals surface area contributed by atoms with Gasteiger partial charge in [0.2, 0.25) is 9.76 Å². The molecule has 0 aliphatic rings. The molecule has 25 heavy (non-hydrogen) atoms. The van der Waals surface area contributed by atoms with Crippen LogP contribution in [0.15, 0.2) is 0 Å². The van der Waals surface area contributed by atoms with Gasteiger partial charge in [-0.05, 0) is 12.5 Å². The first-order valence-corrected chi connectivity index (χ1v) is 11.2.